The van der Waals surface area contributed by atoms with Gasteiger partial charge in [-0.15, -0.1) is 0 Å². The summed E-state index contributed by atoms with van der Waals surface area (Å²) in [6, 6.07) is 0. The van der Waals surface area contributed by atoms with Gasteiger partial charge in [0, 0.05) is 18.2 Å². The van der Waals surface area contributed by atoms with Crippen molar-refractivity contribution in [2.75, 3.05) is 5.33 Å². The first-order valence-corrected chi connectivity index (χ1v) is 9.53. The number of esters is 1. The number of alkyl halides is 1. The van der Waals surface area contributed by atoms with E-state index in [1.165, 1.54) is 25.7 Å². The lowest BCUT2D eigenvalue weighted by Gasteiger charge is -2.61. The third kappa shape index (κ3) is 3.04. The molecule has 0 saturated heterocycles. The molecule has 0 spiro atoms. The molecule has 3 heteroatoms. The van der Waals surface area contributed by atoms with Gasteiger partial charge in [0.1, 0.15) is 5.60 Å². The molecule has 21 heavy (non-hydrogen) atoms. The molecular weight excluding hydrogens is 328 g/mol. The zero-order chi connectivity index (χ0) is 15.9. The van der Waals surface area contributed by atoms with E-state index in [1.807, 2.05) is 0 Å². The van der Waals surface area contributed by atoms with Gasteiger partial charge in [0.25, 0.3) is 0 Å². The van der Waals surface area contributed by atoms with Crippen LogP contribution >= 0.6 is 15.9 Å². The first kappa shape index (κ1) is 17.3. The molecule has 0 radical (unpaired) electrons. The summed E-state index contributed by atoms with van der Waals surface area (Å²) in [5.74, 6) is 1.06. The number of hydrogen-bond acceptors (Lipinski definition) is 2. The second-order valence-corrected chi connectivity index (χ2v) is 9.17. The maximum atomic E-state index is 11.6. The van der Waals surface area contributed by atoms with Gasteiger partial charge in [0.15, 0.2) is 0 Å². The third-order valence-corrected chi connectivity index (χ3v) is 6.97. The Bertz CT molecular complexity index is 406. The van der Waals surface area contributed by atoms with Crippen molar-refractivity contribution in [3.63, 3.8) is 0 Å². The average molecular weight is 359 g/mol. The molecule has 2 aliphatic rings. The van der Waals surface area contributed by atoms with Crippen LogP contribution in [0.1, 0.15) is 73.1 Å². The highest BCUT2D eigenvalue weighted by Gasteiger charge is 2.59. The summed E-state index contributed by atoms with van der Waals surface area (Å²) in [4.78, 5) is 11.6. The molecule has 0 N–H and O–H groups in total. The molecule has 0 aromatic heterocycles. The summed E-state index contributed by atoms with van der Waals surface area (Å²) in [5, 5.41) is 0.983. The standard InChI is InChI=1S/C18H31BrO2/c1-13(20)21-18(5)11-7-14-16(2,3)9-6-10-17(14,4)15(18)8-12-19/h14-15H,6-12H2,1-5H3/t14-,15+,17-,18+/m0/s1. The summed E-state index contributed by atoms with van der Waals surface area (Å²) in [5.41, 5.74) is 0.408. The Morgan fingerprint density at radius 1 is 1.19 bits per heavy atom. The Morgan fingerprint density at radius 2 is 1.86 bits per heavy atom. The third-order valence-electron chi connectivity index (χ3n) is 6.51. The Hall–Kier alpha value is -0.0500. The molecule has 2 nitrogen and oxygen atoms in total. The fourth-order valence-corrected chi connectivity index (χ4v) is 6.26. The monoisotopic (exact) mass is 358 g/mol. The van der Waals surface area contributed by atoms with Crippen LogP contribution in [0.2, 0.25) is 0 Å². The highest BCUT2D eigenvalue weighted by Crippen LogP contribution is 2.63. The summed E-state index contributed by atoms with van der Waals surface area (Å²) < 4.78 is 5.87. The van der Waals surface area contributed by atoms with Crippen LogP contribution in [0.25, 0.3) is 0 Å². The van der Waals surface area contributed by atoms with Gasteiger partial charge < -0.3 is 4.74 Å². The van der Waals surface area contributed by atoms with E-state index in [1.54, 1.807) is 6.92 Å². The minimum Gasteiger partial charge on any atom is -0.459 e. The molecule has 0 heterocycles. The van der Waals surface area contributed by atoms with Gasteiger partial charge in [-0.05, 0) is 55.8 Å². The maximum Gasteiger partial charge on any atom is 0.303 e. The van der Waals surface area contributed by atoms with Crippen molar-refractivity contribution in [1.82, 2.24) is 0 Å². The summed E-state index contributed by atoms with van der Waals surface area (Å²) in [7, 11) is 0. The van der Waals surface area contributed by atoms with Crippen LogP contribution in [0.15, 0.2) is 0 Å². The lowest BCUT2D eigenvalue weighted by Crippen LogP contribution is -2.58. The van der Waals surface area contributed by atoms with Crippen molar-refractivity contribution >= 4 is 21.9 Å². The number of carbonyl (C=O) groups is 1. The van der Waals surface area contributed by atoms with E-state index >= 15 is 0 Å². The van der Waals surface area contributed by atoms with E-state index < -0.39 is 0 Å². The van der Waals surface area contributed by atoms with E-state index in [4.69, 9.17) is 4.74 Å². The lowest BCUT2D eigenvalue weighted by molar-refractivity contribution is -0.198. The van der Waals surface area contributed by atoms with Crippen LogP contribution in [0.3, 0.4) is 0 Å². The first-order chi connectivity index (χ1) is 9.66. The fourth-order valence-electron chi connectivity index (χ4n) is 5.80. The number of carbonyl (C=O) groups excluding carboxylic acids is 1. The van der Waals surface area contributed by atoms with Crippen molar-refractivity contribution < 1.29 is 9.53 Å². The van der Waals surface area contributed by atoms with Crippen LogP contribution in [-0.4, -0.2) is 16.9 Å². The number of halogens is 1. The van der Waals surface area contributed by atoms with Gasteiger partial charge >= 0.3 is 5.97 Å². The Labute approximate surface area is 138 Å². The minimum absolute atomic E-state index is 0.130. The van der Waals surface area contributed by atoms with Crippen LogP contribution in [-0.2, 0) is 9.53 Å². The molecule has 4 atom stereocenters. The smallest absolute Gasteiger partial charge is 0.303 e. The topological polar surface area (TPSA) is 26.3 Å². The molecule has 2 saturated carbocycles. The molecule has 2 rings (SSSR count). The second kappa shape index (κ2) is 5.86. The quantitative estimate of drug-likeness (QED) is 0.502. The van der Waals surface area contributed by atoms with Crippen molar-refractivity contribution in [2.24, 2.45) is 22.7 Å². The highest BCUT2D eigenvalue weighted by molar-refractivity contribution is 9.09. The highest BCUT2D eigenvalue weighted by atomic mass is 79.9. The number of ether oxygens (including phenoxy) is 1. The zero-order valence-electron chi connectivity index (χ0n) is 14.3. The maximum absolute atomic E-state index is 11.6. The average Bonchev–Trinajstić information content (AvgIpc) is 2.32. The summed E-state index contributed by atoms with van der Waals surface area (Å²) >= 11 is 3.63. The molecule has 122 valence electrons. The molecule has 0 bridgehead atoms. The normalized spacial score (nSPS) is 42.2. The van der Waals surface area contributed by atoms with E-state index in [0.29, 0.717) is 11.3 Å². The van der Waals surface area contributed by atoms with Crippen LogP contribution in [0, 0.1) is 22.7 Å². The predicted molar refractivity (Wildman–Crippen MR) is 90.5 cm³/mol. The Balaban J connectivity index is 2.38. The fraction of sp³-hybridized carbons (Fsp3) is 0.944. The van der Waals surface area contributed by atoms with Gasteiger partial charge in [-0.3, -0.25) is 4.79 Å². The zero-order valence-corrected chi connectivity index (χ0v) is 15.9. The van der Waals surface area contributed by atoms with Gasteiger partial charge in [0.05, 0.1) is 0 Å². The molecule has 0 amide bonds. The summed E-state index contributed by atoms with van der Waals surface area (Å²) in [6.07, 6.45) is 7.19. The van der Waals surface area contributed by atoms with Crippen molar-refractivity contribution in [3.05, 3.63) is 0 Å². The molecule has 0 aromatic rings. The van der Waals surface area contributed by atoms with E-state index in [2.05, 4.69) is 43.6 Å². The molecule has 0 aromatic carbocycles. The van der Waals surface area contributed by atoms with Gasteiger partial charge in [-0.1, -0.05) is 43.1 Å². The second-order valence-electron chi connectivity index (χ2n) is 8.38. The molecule has 0 aliphatic heterocycles. The SMILES string of the molecule is CC(=O)O[C@]1(C)CC[C@H]2C(C)(C)CCC[C@]2(C)[C@H]1CCBr. The van der Waals surface area contributed by atoms with E-state index in [9.17, 15) is 4.79 Å². The molecular formula is C18H31BrO2. The van der Waals surface area contributed by atoms with E-state index in [-0.39, 0.29) is 17.0 Å². The number of rotatable bonds is 3. The lowest BCUT2D eigenvalue weighted by atomic mass is 9.45. The van der Waals surface area contributed by atoms with Crippen LogP contribution in [0.4, 0.5) is 0 Å². The van der Waals surface area contributed by atoms with Crippen molar-refractivity contribution in [1.29, 1.82) is 0 Å². The molecule has 2 fully saturated rings. The largest absolute Gasteiger partial charge is 0.459 e. The Kier molecular flexibility index (Phi) is 4.83. The summed E-state index contributed by atoms with van der Waals surface area (Å²) in [6.45, 7) is 11.1. The minimum atomic E-state index is -0.293. The van der Waals surface area contributed by atoms with Gasteiger partial charge in [0.2, 0.25) is 0 Å². The predicted octanol–water partition coefficient (Wildman–Crippen LogP) is 5.34. The first-order valence-electron chi connectivity index (χ1n) is 8.41. The van der Waals surface area contributed by atoms with E-state index in [0.717, 1.165) is 24.1 Å². The number of fused-ring (bicyclic) bond motifs is 1. The number of hydrogen-bond donors (Lipinski definition) is 0. The van der Waals surface area contributed by atoms with Crippen molar-refractivity contribution in [3.8, 4) is 0 Å². The Morgan fingerprint density at radius 3 is 2.43 bits per heavy atom. The van der Waals surface area contributed by atoms with Gasteiger partial charge in [-0.25, -0.2) is 0 Å². The molecule has 0 unspecified atom stereocenters. The molecule has 2 aliphatic carbocycles. The van der Waals surface area contributed by atoms with Gasteiger partial charge in [-0.2, -0.15) is 0 Å². The van der Waals surface area contributed by atoms with Crippen molar-refractivity contribution in [2.45, 2.75) is 78.7 Å². The van der Waals surface area contributed by atoms with Crippen LogP contribution in [0.5, 0.6) is 0 Å². The van der Waals surface area contributed by atoms with Crippen LogP contribution < -0.4 is 0 Å².